The number of ether oxygens (including phenoxy) is 1. The standard InChI is InChI=1S/C17H13BrF2N2O2S/c1-24-7-6-22-15-13(20)8-10(19)9-14(15)25-17(22)21-16(23)11-4-2-3-5-12(11)18/h2-5,8-9H,6-7H2,1H3. The normalized spacial score (nSPS) is 12.1. The van der Waals surface area contributed by atoms with Crippen molar-refractivity contribution in [2.24, 2.45) is 4.99 Å². The summed E-state index contributed by atoms with van der Waals surface area (Å²) in [6.45, 7) is 0.597. The summed E-state index contributed by atoms with van der Waals surface area (Å²) < 4.78 is 35.3. The summed E-state index contributed by atoms with van der Waals surface area (Å²) in [6, 6.07) is 8.94. The fraction of sp³-hybridized carbons (Fsp3) is 0.176. The van der Waals surface area contributed by atoms with Crippen LogP contribution in [0.5, 0.6) is 0 Å². The highest BCUT2D eigenvalue weighted by atomic mass is 79.9. The van der Waals surface area contributed by atoms with E-state index in [2.05, 4.69) is 20.9 Å². The Hall–Kier alpha value is -1.90. The number of amides is 1. The van der Waals surface area contributed by atoms with Crippen molar-refractivity contribution >= 4 is 43.4 Å². The smallest absolute Gasteiger partial charge is 0.280 e. The van der Waals surface area contributed by atoms with E-state index >= 15 is 0 Å². The van der Waals surface area contributed by atoms with Crippen molar-refractivity contribution in [3.05, 3.63) is 62.9 Å². The molecule has 4 nitrogen and oxygen atoms in total. The van der Waals surface area contributed by atoms with E-state index in [0.717, 1.165) is 17.4 Å². The molecule has 3 aromatic rings. The summed E-state index contributed by atoms with van der Waals surface area (Å²) >= 11 is 4.37. The van der Waals surface area contributed by atoms with Crippen LogP contribution < -0.4 is 4.80 Å². The number of hydrogen-bond donors (Lipinski definition) is 0. The Bertz CT molecular complexity index is 1010. The van der Waals surface area contributed by atoms with E-state index in [4.69, 9.17) is 4.74 Å². The monoisotopic (exact) mass is 426 g/mol. The van der Waals surface area contributed by atoms with Gasteiger partial charge in [-0.25, -0.2) is 8.78 Å². The van der Waals surface area contributed by atoms with Gasteiger partial charge in [0.15, 0.2) is 10.6 Å². The van der Waals surface area contributed by atoms with Gasteiger partial charge in [0, 0.05) is 24.2 Å². The first-order valence-electron chi connectivity index (χ1n) is 7.32. The minimum atomic E-state index is -0.697. The number of nitrogens with zero attached hydrogens (tertiary/aromatic N) is 2. The third-order valence-corrected chi connectivity index (χ3v) is 5.23. The fourth-order valence-electron chi connectivity index (χ4n) is 2.39. The number of methoxy groups -OCH3 is 1. The van der Waals surface area contributed by atoms with E-state index in [1.165, 1.54) is 17.7 Å². The summed E-state index contributed by atoms with van der Waals surface area (Å²) in [5.74, 6) is -1.84. The zero-order chi connectivity index (χ0) is 18.0. The molecule has 0 radical (unpaired) electrons. The second kappa shape index (κ2) is 7.55. The molecule has 25 heavy (non-hydrogen) atoms. The average Bonchev–Trinajstić information content (AvgIpc) is 2.90. The number of rotatable bonds is 4. The van der Waals surface area contributed by atoms with Crippen molar-refractivity contribution < 1.29 is 18.3 Å². The van der Waals surface area contributed by atoms with Crippen molar-refractivity contribution in [1.82, 2.24) is 4.57 Å². The predicted octanol–water partition coefficient (Wildman–Crippen LogP) is 4.13. The lowest BCUT2D eigenvalue weighted by molar-refractivity contribution is 0.0996. The van der Waals surface area contributed by atoms with E-state index < -0.39 is 17.5 Å². The van der Waals surface area contributed by atoms with Gasteiger partial charge in [-0.15, -0.1) is 0 Å². The molecule has 0 fully saturated rings. The minimum absolute atomic E-state index is 0.210. The van der Waals surface area contributed by atoms with Crippen molar-refractivity contribution in [1.29, 1.82) is 0 Å². The molecule has 1 amide bonds. The second-order valence-electron chi connectivity index (χ2n) is 5.16. The Morgan fingerprint density at radius 1 is 1.32 bits per heavy atom. The van der Waals surface area contributed by atoms with Crippen LogP contribution in [0.3, 0.4) is 0 Å². The van der Waals surface area contributed by atoms with Crippen molar-refractivity contribution in [3.63, 3.8) is 0 Å². The van der Waals surface area contributed by atoms with Gasteiger partial charge in [0.25, 0.3) is 5.91 Å². The van der Waals surface area contributed by atoms with Gasteiger partial charge in [-0.2, -0.15) is 4.99 Å². The largest absolute Gasteiger partial charge is 0.383 e. The zero-order valence-corrected chi connectivity index (χ0v) is 15.5. The molecule has 0 aliphatic heterocycles. The van der Waals surface area contributed by atoms with Gasteiger partial charge in [-0.05, 0) is 34.1 Å². The molecular weight excluding hydrogens is 414 g/mol. The van der Waals surface area contributed by atoms with Crippen LogP contribution in [0.25, 0.3) is 10.2 Å². The number of fused-ring (bicyclic) bond motifs is 1. The fourth-order valence-corrected chi connectivity index (χ4v) is 3.93. The molecule has 130 valence electrons. The molecule has 0 N–H and O–H groups in total. The summed E-state index contributed by atoms with van der Waals surface area (Å²) in [7, 11) is 1.52. The van der Waals surface area contributed by atoms with Crippen molar-refractivity contribution in [3.8, 4) is 0 Å². The van der Waals surface area contributed by atoms with Crippen LogP contribution in [0.1, 0.15) is 10.4 Å². The molecule has 0 atom stereocenters. The van der Waals surface area contributed by atoms with E-state index in [9.17, 15) is 13.6 Å². The summed E-state index contributed by atoms with van der Waals surface area (Å²) in [5, 5.41) is 0. The quantitative estimate of drug-likeness (QED) is 0.629. The molecule has 3 rings (SSSR count). The SMILES string of the molecule is COCCn1c(=NC(=O)c2ccccc2Br)sc2cc(F)cc(F)c21. The van der Waals surface area contributed by atoms with Gasteiger partial charge in [-0.1, -0.05) is 23.5 Å². The average molecular weight is 427 g/mol. The molecule has 1 aromatic heterocycles. The maximum absolute atomic E-state index is 14.2. The van der Waals surface area contributed by atoms with Gasteiger partial charge in [0.05, 0.1) is 22.4 Å². The highest BCUT2D eigenvalue weighted by Crippen LogP contribution is 2.23. The number of aromatic nitrogens is 1. The Balaban J connectivity index is 2.19. The Morgan fingerprint density at radius 2 is 2.08 bits per heavy atom. The van der Waals surface area contributed by atoms with E-state index in [-0.39, 0.29) is 10.3 Å². The van der Waals surface area contributed by atoms with Crippen LogP contribution >= 0.6 is 27.3 Å². The lowest BCUT2D eigenvalue weighted by Crippen LogP contribution is -2.20. The van der Waals surface area contributed by atoms with E-state index in [1.54, 1.807) is 24.3 Å². The maximum Gasteiger partial charge on any atom is 0.280 e. The lowest BCUT2D eigenvalue weighted by Gasteiger charge is -2.05. The summed E-state index contributed by atoms with van der Waals surface area (Å²) in [5.41, 5.74) is 0.604. The first kappa shape index (κ1) is 17.9. The Morgan fingerprint density at radius 3 is 2.80 bits per heavy atom. The van der Waals surface area contributed by atoms with Crippen LogP contribution in [0.15, 0.2) is 45.9 Å². The van der Waals surface area contributed by atoms with E-state index in [1.807, 2.05) is 0 Å². The van der Waals surface area contributed by atoms with Crippen LogP contribution in [-0.2, 0) is 11.3 Å². The van der Waals surface area contributed by atoms with Crippen LogP contribution in [-0.4, -0.2) is 24.2 Å². The highest BCUT2D eigenvalue weighted by Gasteiger charge is 2.15. The Labute approximate surface area is 154 Å². The second-order valence-corrected chi connectivity index (χ2v) is 7.02. The molecule has 0 aliphatic rings. The number of hydrogen-bond acceptors (Lipinski definition) is 3. The van der Waals surface area contributed by atoms with Gasteiger partial charge in [0.2, 0.25) is 0 Å². The number of carbonyl (C=O) groups is 1. The van der Waals surface area contributed by atoms with Crippen LogP contribution in [0.4, 0.5) is 8.78 Å². The van der Waals surface area contributed by atoms with Gasteiger partial charge >= 0.3 is 0 Å². The summed E-state index contributed by atoms with van der Waals surface area (Å²) in [4.78, 5) is 16.9. The minimum Gasteiger partial charge on any atom is -0.383 e. The molecule has 1 heterocycles. The Kier molecular flexibility index (Phi) is 5.41. The molecule has 0 aliphatic carbocycles. The molecule has 0 saturated heterocycles. The maximum atomic E-state index is 14.2. The van der Waals surface area contributed by atoms with Crippen molar-refractivity contribution in [2.75, 3.05) is 13.7 Å². The van der Waals surface area contributed by atoms with E-state index in [0.29, 0.717) is 27.9 Å². The topological polar surface area (TPSA) is 43.6 Å². The number of benzene rings is 2. The third-order valence-electron chi connectivity index (χ3n) is 3.52. The molecule has 8 heteroatoms. The van der Waals surface area contributed by atoms with Gasteiger partial charge in [0.1, 0.15) is 5.82 Å². The number of halogens is 3. The zero-order valence-electron chi connectivity index (χ0n) is 13.1. The number of thiazole rings is 1. The van der Waals surface area contributed by atoms with Gasteiger partial charge < -0.3 is 9.30 Å². The highest BCUT2D eigenvalue weighted by molar-refractivity contribution is 9.10. The lowest BCUT2D eigenvalue weighted by atomic mass is 10.2. The third kappa shape index (κ3) is 3.70. The molecule has 0 unspecified atom stereocenters. The number of carbonyl (C=O) groups excluding carboxylic acids is 1. The molecule has 2 aromatic carbocycles. The van der Waals surface area contributed by atoms with Crippen LogP contribution in [0, 0.1) is 11.6 Å². The first-order chi connectivity index (χ1) is 12.0. The molecule has 0 bridgehead atoms. The van der Waals surface area contributed by atoms with Gasteiger partial charge in [-0.3, -0.25) is 4.79 Å². The first-order valence-corrected chi connectivity index (χ1v) is 8.93. The summed E-state index contributed by atoms with van der Waals surface area (Å²) in [6.07, 6.45) is 0. The molecule has 0 spiro atoms. The van der Waals surface area contributed by atoms with Crippen molar-refractivity contribution in [2.45, 2.75) is 6.54 Å². The van der Waals surface area contributed by atoms with Crippen LogP contribution in [0.2, 0.25) is 0 Å². The molecule has 0 saturated carbocycles. The molecular formula is C17H13BrF2N2O2S. The predicted molar refractivity (Wildman–Crippen MR) is 95.6 cm³/mol.